The minimum Gasteiger partial charge on any atom is -0.492 e. The molecule has 6 heteroatoms. The van der Waals surface area contributed by atoms with Crippen LogP contribution < -0.4 is 15.6 Å². The van der Waals surface area contributed by atoms with Gasteiger partial charge >= 0.3 is 0 Å². The molecule has 0 aromatic heterocycles. The van der Waals surface area contributed by atoms with Crippen molar-refractivity contribution in [2.24, 2.45) is 4.99 Å². The lowest BCUT2D eigenvalue weighted by molar-refractivity contribution is 0.389. The molecule has 0 radical (unpaired) electrons. The fraction of sp³-hybridized carbons (Fsp3) is 0.211. The van der Waals surface area contributed by atoms with Gasteiger partial charge in [0.25, 0.3) is 0 Å². The SMILES string of the molecule is CC1=Nc2ccccc2N2NN(c3ccc(C(C)C)cc3)C(O)=C12.O. The van der Waals surface area contributed by atoms with Crippen LogP contribution in [0.1, 0.15) is 32.3 Å². The van der Waals surface area contributed by atoms with Crippen molar-refractivity contribution in [3.63, 3.8) is 0 Å². The lowest BCUT2D eigenvalue weighted by Crippen LogP contribution is -2.43. The molecule has 0 saturated carbocycles. The van der Waals surface area contributed by atoms with E-state index in [0.717, 1.165) is 22.8 Å². The number of aliphatic hydroxyl groups excluding tert-OH is 1. The van der Waals surface area contributed by atoms with Gasteiger partial charge in [-0.1, -0.05) is 38.1 Å². The van der Waals surface area contributed by atoms with Gasteiger partial charge in [0, 0.05) is 0 Å². The quantitative estimate of drug-likeness (QED) is 0.877. The summed E-state index contributed by atoms with van der Waals surface area (Å²) in [7, 11) is 0. The van der Waals surface area contributed by atoms with Crippen LogP contribution in [-0.4, -0.2) is 16.3 Å². The van der Waals surface area contributed by atoms with Gasteiger partial charge < -0.3 is 10.6 Å². The molecule has 4 N–H and O–H groups in total. The summed E-state index contributed by atoms with van der Waals surface area (Å²) < 4.78 is 0. The summed E-state index contributed by atoms with van der Waals surface area (Å²) in [6, 6.07) is 16.1. The third-order valence-electron chi connectivity index (χ3n) is 4.42. The zero-order chi connectivity index (χ0) is 16.8. The first kappa shape index (κ1) is 17.0. The minimum atomic E-state index is 0. The molecule has 25 heavy (non-hydrogen) atoms. The first-order valence-corrected chi connectivity index (χ1v) is 8.10. The highest BCUT2D eigenvalue weighted by Crippen LogP contribution is 2.39. The Labute approximate surface area is 147 Å². The molecule has 2 heterocycles. The molecule has 0 bridgehead atoms. The largest absolute Gasteiger partial charge is 0.492 e. The van der Waals surface area contributed by atoms with Gasteiger partial charge in [-0.2, -0.15) is 0 Å². The van der Waals surface area contributed by atoms with E-state index in [1.165, 1.54) is 5.56 Å². The van der Waals surface area contributed by atoms with Crippen LogP contribution in [0, 0.1) is 0 Å². The molecule has 2 aliphatic rings. The van der Waals surface area contributed by atoms with E-state index in [2.05, 4.69) is 36.5 Å². The lowest BCUT2D eigenvalue weighted by Gasteiger charge is -2.27. The Kier molecular flexibility index (Phi) is 4.24. The number of aliphatic imine (C=N–C) groups is 1. The summed E-state index contributed by atoms with van der Waals surface area (Å²) in [6.45, 7) is 6.24. The van der Waals surface area contributed by atoms with Crippen molar-refractivity contribution in [1.82, 2.24) is 5.53 Å². The number of hydrogen-bond acceptors (Lipinski definition) is 5. The highest BCUT2D eigenvalue weighted by molar-refractivity contribution is 6.07. The average molecular weight is 338 g/mol. The second-order valence-electron chi connectivity index (χ2n) is 6.38. The van der Waals surface area contributed by atoms with Crippen LogP contribution in [0.25, 0.3) is 0 Å². The van der Waals surface area contributed by atoms with Crippen molar-refractivity contribution in [1.29, 1.82) is 0 Å². The second kappa shape index (κ2) is 6.23. The van der Waals surface area contributed by atoms with Crippen LogP contribution in [0.5, 0.6) is 0 Å². The number of hydrazine groups is 2. The summed E-state index contributed by atoms with van der Waals surface area (Å²) in [4.78, 5) is 4.59. The van der Waals surface area contributed by atoms with E-state index in [-0.39, 0.29) is 11.4 Å². The molecule has 2 aromatic rings. The molecule has 0 aliphatic carbocycles. The first-order valence-electron chi connectivity index (χ1n) is 8.10. The smallest absolute Gasteiger partial charge is 0.235 e. The Hall–Kier alpha value is -2.83. The molecule has 6 nitrogen and oxygen atoms in total. The maximum Gasteiger partial charge on any atom is 0.235 e. The third-order valence-corrected chi connectivity index (χ3v) is 4.42. The molecule has 2 aromatic carbocycles. The van der Waals surface area contributed by atoms with Crippen molar-refractivity contribution in [3.05, 3.63) is 65.7 Å². The zero-order valence-corrected chi connectivity index (χ0v) is 14.5. The predicted octanol–water partition coefficient (Wildman–Crippen LogP) is 3.56. The summed E-state index contributed by atoms with van der Waals surface area (Å²) in [6.07, 6.45) is 0. The van der Waals surface area contributed by atoms with Gasteiger partial charge in [0.1, 0.15) is 5.70 Å². The van der Waals surface area contributed by atoms with Gasteiger partial charge in [-0.25, -0.2) is 15.0 Å². The van der Waals surface area contributed by atoms with Gasteiger partial charge in [-0.3, -0.25) is 0 Å². The Morgan fingerprint density at radius 3 is 2.36 bits per heavy atom. The van der Waals surface area contributed by atoms with E-state index in [1.54, 1.807) is 5.01 Å². The molecule has 0 amide bonds. The van der Waals surface area contributed by atoms with Gasteiger partial charge in [0.15, 0.2) is 0 Å². The molecule has 0 unspecified atom stereocenters. The number of allylic oxidation sites excluding steroid dienone is 1. The average Bonchev–Trinajstić information content (AvgIpc) is 2.93. The summed E-state index contributed by atoms with van der Waals surface area (Å²) in [5.41, 5.74) is 8.67. The number of para-hydroxylation sites is 2. The van der Waals surface area contributed by atoms with Crippen LogP contribution in [0.2, 0.25) is 0 Å². The molecule has 130 valence electrons. The van der Waals surface area contributed by atoms with Gasteiger partial charge in [0.05, 0.1) is 22.8 Å². The van der Waals surface area contributed by atoms with Crippen LogP contribution >= 0.6 is 0 Å². The third kappa shape index (κ3) is 2.65. The molecule has 0 atom stereocenters. The van der Waals surface area contributed by atoms with E-state index >= 15 is 0 Å². The maximum atomic E-state index is 10.7. The second-order valence-corrected chi connectivity index (χ2v) is 6.38. The van der Waals surface area contributed by atoms with Crippen molar-refractivity contribution in [2.45, 2.75) is 26.7 Å². The van der Waals surface area contributed by atoms with Crippen LogP contribution in [0.3, 0.4) is 0 Å². The molecule has 0 fully saturated rings. The fourth-order valence-electron chi connectivity index (χ4n) is 3.07. The monoisotopic (exact) mass is 338 g/mol. The number of benzene rings is 2. The maximum absolute atomic E-state index is 10.7. The first-order chi connectivity index (χ1) is 11.6. The van der Waals surface area contributed by atoms with E-state index in [1.807, 2.05) is 48.3 Å². The highest BCUT2D eigenvalue weighted by Gasteiger charge is 2.36. The van der Waals surface area contributed by atoms with Crippen LogP contribution in [0.4, 0.5) is 17.1 Å². The highest BCUT2D eigenvalue weighted by atomic mass is 16.3. The molecular formula is C19H22N4O2. The van der Waals surface area contributed by atoms with Crippen molar-refractivity contribution >= 4 is 22.8 Å². The Morgan fingerprint density at radius 2 is 1.68 bits per heavy atom. The number of anilines is 2. The topological polar surface area (TPSA) is 82.6 Å². The fourth-order valence-corrected chi connectivity index (χ4v) is 3.07. The lowest BCUT2D eigenvalue weighted by atomic mass is 10.0. The standard InChI is InChI=1S/C19H20N4O.H2O/c1-12(2)14-8-10-15(11-9-14)22-19(24)18-13(3)20-16-6-4-5-7-17(16)23(18)21-22;/h4-12,21,24H,1-3H3;1H2. The van der Waals surface area contributed by atoms with E-state index in [0.29, 0.717) is 11.6 Å². The van der Waals surface area contributed by atoms with Crippen molar-refractivity contribution in [3.8, 4) is 0 Å². The zero-order valence-electron chi connectivity index (χ0n) is 14.5. The number of fused-ring (bicyclic) bond motifs is 3. The Morgan fingerprint density at radius 1 is 1.00 bits per heavy atom. The molecule has 2 aliphatic heterocycles. The number of rotatable bonds is 2. The normalized spacial score (nSPS) is 15.8. The van der Waals surface area contributed by atoms with E-state index in [9.17, 15) is 5.11 Å². The van der Waals surface area contributed by atoms with Gasteiger partial charge in [-0.05, 0) is 42.7 Å². The molecular weight excluding hydrogens is 316 g/mol. The number of hydrogen-bond donors (Lipinski definition) is 2. The summed E-state index contributed by atoms with van der Waals surface area (Å²) in [5.74, 6) is 0.633. The number of nitrogens with zero attached hydrogens (tertiary/aromatic N) is 3. The molecule has 4 rings (SSSR count). The molecule has 0 saturated heterocycles. The van der Waals surface area contributed by atoms with Crippen molar-refractivity contribution < 1.29 is 10.6 Å². The van der Waals surface area contributed by atoms with Crippen molar-refractivity contribution in [2.75, 3.05) is 10.0 Å². The van der Waals surface area contributed by atoms with Crippen LogP contribution in [-0.2, 0) is 0 Å². The summed E-state index contributed by atoms with van der Waals surface area (Å²) in [5, 5.41) is 14.3. The van der Waals surface area contributed by atoms with E-state index in [4.69, 9.17) is 0 Å². The van der Waals surface area contributed by atoms with Gasteiger partial charge in [-0.15, -0.1) is 5.53 Å². The Bertz CT molecular complexity index is 856. The Balaban J connectivity index is 0.00000182. The number of nitrogens with one attached hydrogen (secondary N) is 1. The minimum absolute atomic E-state index is 0. The molecule has 0 spiro atoms. The van der Waals surface area contributed by atoms with Crippen LogP contribution in [0.15, 0.2) is 65.1 Å². The van der Waals surface area contributed by atoms with Gasteiger partial charge in [0.2, 0.25) is 5.88 Å². The number of aliphatic hydroxyl groups is 1. The predicted molar refractivity (Wildman–Crippen MR) is 101 cm³/mol. The van der Waals surface area contributed by atoms with E-state index < -0.39 is 0 Å². The summed E-state index contributed by atoms with van der Waals surface area (Å²) >= 11 is 0.